The molecule has 2 rings (SSSR count). The molecule has 1 unspecified atom stereocenters. The van der Waals surface area contributed by atoms with E-state index in [1.54, 1.807) is 0 Å². The predicted octanol–water partition coefficient (Wildman–Crippen LogP) is 1.07. The molecule has 0 amide bonds. The van der Waals surface area contributed by atoms with Crippen molar-refractivity contribution >= 4 is 32.4 Å². The number of hydrogen-bond donors (Lipinski definition) is 0. The molecule has 0 aliphatic rings. The van der Waals surface area contributed by atoms with E-state index in [2.05, 4.69) is 31.1 Å². The summed E-state index contributed by atoms with van der Waals surface area (Å²) in [4.78, 5) is 14.3. The highest BCUT2D eigenvalue weighted by Crippen LogP contribution is 2.25. The molecule has 2 heterocycles. The topological polar surface area (TPSA) is 104 Å². The third-order valence-electron chi connectivity index (χ3n) is 2.01. The number of nitrogens with zero attached hydrogens (tertiary/aromatic N) is 5. The van der Waals surface area contributed by atoms with Crippen molar-refractivity contribution in [2.24, 2.45) is 0 Å². The molecular formula is C8H6BrN5O3S. The van der Waals surface area contributed by atoms with E-state index < -0.39 is 15.7 Å². The second-order valence-electron chi connectivity index (χ2n) is 3.19. The van der Waals surface area contributed by atoms with Gasteiger partial charge in [-0.05, 0) is 15.9 Å². The Balaban J connectivity index is 2.67. The van der Waals surface area contributed by atoms with Crippen molar-refractivity contribution < 1.29 is 9.13 Å². The number of rotatable bonds is 3. The summed E-state index contributed by atoms with van der Waals surface area (Å²) in [5.41, 5.74) is -0.226. The fraction of sp³-hybridized carbons (Fsp3) is 0.125. The van der Waals surface area contributed by atoms with E-state index in [0.717, 1.165) is 0 Å². The summed E-state index contributed by atoms with van der Waals surface area (Å²) >= 11 is 3.11. The fourth-order valence-corrected chi connectivity index (χ4v) is 2.20. The van der Waals surface area contributed by atoms with E-state index in [4.69, 9.17) is 0 Å². The molecule has 8 nitrogen and oxygen atoms in total. The molecule has 10 heteroatoms. The van der Waals surface area contributed by atoms with Gasteiger partial charge in [0.25, 0.3) is 0 Å². The van der Waals surface area contributed by atoms with Gasteiger partial charge in [-0.15, -0.1) is 10.2 Å². The van der Waals surface area contributed by atoms with Crippen LogP contribution < -0.4 is 0 Å². The van der Waals surface area contributed by atoms with Crippen LogP contribution in [0.25, 0.3) is 5.82 Å². The first-order chi connectivity index (χ1) is 8.50. The third-order valence-corrected chi connectivity index (χ3v) is 3.24. The Kier molecular flexibility index (Phi) is 3.48. The standard InChI is InChI=1S/C8H6BrN5O3S/c1-18(17)8-12-11-4-13(8)7-6(14(15)16)2-5(9)3-10-7/h2-4H,1H3. The Morgan fingerprint density at radius 3 is 2.89 bits per heavy atom. The zero-order valence-electron chi connectivity index (χ0n) is 8.98. The Bertz CT molecular complexity index is 643. The molecule has 94 valence electrons. The molecule has 1 atom stereocenters. The summed E-state index contributed by atoms with van der Waals surface area (Å²) in [6.45, 7) is 0. The van der Waals surface area contributed by atoms with Crippen molar-refractivity contribution in [3.8, 4) is 5.82 Å². The van der Waals surface area contributed by atoms with Gasteiger partial charge in [-0.1, -0.05) is 0 Å². The molecule has 0 saturated carbocycles. The highest BCUT2D eigenvalue weighted by molar-refractivity contribution is 9.10. The van der Waals surface area contributed by atoms with Gasteiger partial charge < -0.3 is 0 Å². The molecule has 0 N–H and O–H groups in total. The maximum absolute atomic E-state index is 11.4. The van der Waals surface area contributed by atoms with E-state index in [-0.39, 0.29) is 16.7 Å². The van der Waals surface area contributed by atoms with Gasteiger partial charge in [0.2, 0.25) is 11.0 Å². The Hall–Kier alpha value is -1.68. The molecule has 0 aliphatic carbocycles. The molecule has 0 radical (unpaired) electrons. The van der Waals surface area contributed by atoms with Crippen LogP contribution in [0.3, 0.4) is 0 Å². The zero-order chi connectivity index (χ0) is 13.3. The molecule has 0 aliphatic heterocycles. The van der Waals surface area contributed by atoms with Crippen LogP contribution in [0.15, 0.2) is 28.2 Å². The number of nitro groups is 1. The average molecular weight is 332 g/mol. The first-order valence-electron chi connectivity index (χ1n) is 4.54. The lowest BCUT2D eigenvalue weighted by Crippen LogP contribution is -2.06. The van der Waals surface area contributed by atoms with Gasteiger partial charge >= 0.3 is 5.69 Å². The lowest BCUT2D eigenvalue weighted by Gasteiger charge is -2.04. The van der Waals surface area contributed by atoms with Crippen LogP contribution in [0.5, 0.6) is 0 Å². The van der Waals surface area contributed by atoms with E-state index >= 15 is 0 Å². The van der Waals surface area contributed by atoms with Crippen LogP contribution in [-0.4, -0.2) is 35.1 Å². The largest absolute Gasteiger partial charge is 0.313 e. The highest BCUT2D eigenvalue weighted by atomic mass is 79.9. The second-order valence-corrected chi connectivity index (χ2v) is 5.38. The summed E-state index contributed by atoms with van der Waals surface area (Å²) in [5.74, 6) is 0.0263. The van der Waals surface area contributed by atoms with Crippen molar-refractivity contribution in [2.75, 3.05) is 6.26 Å². The summed E-state index contributed by atoms with van der Waals surface area (Å²) in [6.07, 6.45) is 4.05. The summed E-state index contributed by atoms with van der Waals surface area (Å²) in [6, 6.07) is 1.31. The van der Waals surface area contributed by atoms with Gasteiger partial charge in [-0.25, -0.2) is 4.98 Å². The maximum Gasteiger partial charge on any atom is 0.313 e. The second kappa shape index (κ2) is 4.90. The molecule has 0 bridgehead atoms. The fourth-order valence-electron chi connectivity index (χ4n) is 1.31. The smallest absolute Gasteiger partial charge is 0.258 e. The molecule has 0 saturated heterocycles. The van der Waals surface area contributed by atoms with Crippen LogP contribution in [0.4, 0.5) is 5.69 Å². The minimum absolute atomic E-state index is 0.0263. The number of hydrogen-bond acceptors (Lipinski definition) is 6. The summed E-state index contributed by atoms with van der Waals surface area (Å²) in [5, 5.41) is 18.3. The van der Waals surface area contributed by atoms with Crippen molar-refractivity contribution in [1.29, 1.82) is 0 Å². The zero-order valence-corrected chi connectivity index (χ0v) is 11.4. The molecule has 0 aromatic carbocycles. The first kappa shape index (κ1) is 12.8. The van der Waals surface area contributed by atoms with E-state index in [1.807, 2.05) is 0 Å². The Morgan fingerprint density at radius 1 is 1.56 bits per heavy atom. The SMILES string of the molecule is CS(=O)c1nncn1-c1ncc(Br)cc1[N+](=O)[O-]. The summed E-state index contributed by atoms with van der Waals surface area (Å²) < 4.78 is 13.1. The highest BCUT2D eigenvalue weighted by Gasteiger charge is 2.21. The van der Waals surface area contributed by atoms with E-state index in [1.165, 1.54) is 29.4 Å². The van der Waals surface area contributed by atoms with Gasteiger partial charge in [0.05, 0.1) is 15.7 Å². The van der Waals surface area contributed by atoms with Crippen molar-refractivity contribution in [3.63, 3.8) is 0 Å². The van der Waals surface area contributed by atoms with Crippen molar-refractivity contribution in [2.45, 2.75) is 5.16 Å². The predicted molar refractivity (Wildman–Crippen MR) is 65.8 cm³/mol. The van der Waals surface area contributed by atoms with Gasteiger partial charge in [0, 0.05) is 23.0 Å². The third kappa shape index (κ3) is 2.29. The molecule has 2 aromatic rings. The lowest BCUT2D eigenvalue weighted by atomic mass is 10.4. The van der Waals surface area contributed by atoms with Crippen LogP contribution in [0.1, 0.15) is 0 Å². The van der Waals surface area contributed by atoms with Crippen molar-refractivity contribution in [3.05, 3.63) is 33.2 Å². The number of aromatic nitrogens is 4. The van der Waals surface area contributed by atoms with Gasteiger partial charge in [-0.2, -0.15) is 0 Å². The van der Waals surface area contributed by atoms with Crippen molar-refractivity contribution in [1.82, 2.24) is 19.7 Å². The van der Waals surface area contributed by atoms with Gasteiger partial charge in [0.1, 0.15) is 6.33 Å². The van der Waals surface area contributed by atoms with Crippen LogP contribution in [0.2, 0.25) is 0 Å². The monoisotopic (exact) mass is 331 g/mol. The molecule has 18 heavy (non-hydrogen) atoms. The van der Waals surface area contributed by atoms with Crippen LogP contribution in [0, 0.1) is 10.1 Å². The molecule has 0 fully saturated rings. The average Bonchev–Trinajstić information content (AvgIpc) is 2.77. The minimum Gasteiger partial charge on any atom is -0.258 e. The van der Waals surface area contributed by atoms with E-state index in [0.29, 0.717) is 4.47 Å². The first-order valence-corrected chi connectivity index (χ1v) is 6.89. The normalized spacial score (nSPS) is 12.3. The quantitative estimate of drug-likeness (QED) is 0.615. The molecule has 0 spiro atoms. The van der Waals surface area contributed by atoms with Crippen LogP contribution in [-0.2, 0) is 10.8 Å². The van der Waals surface area contributed by atoms with Gasteiger partial charge in [-0.3, -0.25) is 18.9 Å². The van der Waals surface area contributed by atoms with Crippen LogP contribution >= 0.6 is 15.9 Å². The van der Waals surface area contributed by atoms with Gasteiger partial charge in [0.15, 0.2) is 0 Å². The lowest BCUT2D eigenvalue weighted by molar-refractivity contribution is -0.385. The van der Waals surface area contributed by atoms with E-state index in [9.17, 15) is 14.3 Å². The Morgan fingerprint density at radius 2 is 2.28 bits per heavy atom. The number of pyridine rings is 1. The summed E-state index contributed by atoms with van der Waals surface area (Å²) in [7, 11) is -1.42. The minimum atomic E-state index is -1.42. The molecular weight excluding hydrogens is 326 g/mol. The maximum atomic E-state index is 11.4. The molecule has 2 aromatic heterocycles. The number of halogens is 1. The Labute approximate surface area is 112 Å².